The number of sulfonamides is 1. The Morgan fingerprint density at radius 1 is 1.18 bits per heavy atom. The first-order valence-electron chi connectivity index (χ1n) is 6.69. The van der Waals surface area contributed by atoms with Gasteiger partial charge in [-0.3, -0.25) is 9.36 Å². The van der Waals surface area contributed by atoms with Gasteiger partial charge < -0.3 is 9.05 Å². The molecule has 0 bridgehead atoms. The van der Waals surface area contributed by atoms with E-state index in [1.165, 1.54) is 12.1 Å². The Labute approximate surface area is 130 Å². The lowest BCUT2D eigenvalue weighted by Gasteiger charge is -2.25. The Hall–Kier alpha value is -1.05. The number of ketones is 1. The van der Waals surface area contributed by atoms with E-state index in [2.05, 4.69) is 4.72 Å². The second-order valence-corrected chi connectivity index (χ2v) is 8.29. The van der Waals surface area contributed by atoms with Crippen LogP contribution in [0, 0.1) is 0 Å². The maximum absolute atomic E-state index is 12.8. The molecule has 0 aromatic heterocycles. The molecule has 9 heteroatoms. The predicted molar refractivity (Wildman–Crippen MR) is 83.4 cm³/mol. The first-order valence-corrected chi connectivity index (χ1v) is 10.2. The zero-order valence-electron chi connectivity index (χ0n) is 12.7. The van der Waals surface area contributed by atoms with Crippen molar-refractivity contribution in [3.8, 4) is 0 Å². The summed E-state index contributed by atoms with van der Waals surface area (Å²) < 4.78 is 48.2. The SMILES string of the molecule is CCOP(=O)(OCC)C(NS(C)(=O)=O)C(=O)c1ccccc1. The van der Waals surface area contributed by atoms with Gasteiger partial charge in [0.05, 0.1) is 19.5 Å². The highest BCUT2D eigenvalue weighted by molar-refractivity contribution is 7.89. The highest BCUT2D eigenvalue weighted by atomic mass is 32.2. The molecular formula is C13H20NO6PS. The van der Waals surface area contributed by atoms with E-state index >= 15 is 0 Å². The van der Waals surface area contributed by atoms with E-state index in [0.717, 1.165) is 6.26 Å². The van der Waals surface area contributed by atoms with Gasteiger partial charge in [-0.25, -0.2) is 8.42 Å². The summed E-state index contributed by atoms with van der Waals surface area (Å²) in [5, 5.41) is 0. The fourth-order valence-corrected chi connectivity index (χ4v) is 4.90. The number of carbonyl (C=O) groups is 1. The number of rotatable bonds is 9. The van der Waals surface area contributed by atoms with Gasteiger partial charge in [0.2, 0.25) is 10.0 Å². The highest BCUT2D eigenvalue weighted by Crippen LogP contribution is 2.53. The number of benzene rings is 1. The Kier molecular flexibility index (Phi) is 6.90. The summed E-state index contributed by atoms with van der Waals surface area (Å²) in [5.41, 5.74) is 0.211. The van der Waals surface area contributed by atoms with E-state index in [0.29, 0.717) is 0 Å². The van der Waals surface area contributed by atoms with Crippen LogP contribution in [-0.2, 0) is 23.6 Å². The summed E-state index contributed by atoms with van der Waals surface area (Å²) in [5.74, 6) is -2.29. The maximum Gasteiger partial charge on any atom is 0.356 e. The molecule has 0 radical (unpaired) electrons. The minimum absolute atomic E-state index is 0.0152. The number of hydrogen-bond acceptors (Lipinski definition) is 6. The molecule has 0 saturated heterocycles. The molecule has 1 unspecified atom stereocenters. The summed E-state index contributed by atoms with van der Waals surface area (Å²) in [6, 6.07) is 7.96. The standard InChI is InChI=1S/C13H20NO6PS/c1-4-19-21(16,20-5-2)13(14-22(3,17)18)12(15)11-9-7-6-8-10-11/h6-10,13-14H,4-5H2,1-3H3. The molecule has 0 saturated carbocycles. The predicted octanol–water partition coefficient (Wildman–Crippen LogP) is 2.01. The van der Waals surface area contributed by atoms with E-state index in [4.69, 9.17) is 9.05 Å². The molecule has 1 rings (SSSR count). The fourth-order valence-electron chi connectivity index (χ4n) is 1.77. The normalized spacial score (nSPS) is 13.8. The second-order valence-electron chi connectivity index (χ2n) is 4.40. The molecule has 1 aromatic carbocycles. The van der Waals surface area contributed by atoms with Crippen LogP contribution in [0.1, 0.15) is 24.2 Å². The third kappa shape index (κ3) is 5.30. The van der Waals surface area contributed by atoms with Gasteiger partial charge in [-0.1, -0.05) is 30.3 Å². The maximum atomic E-state index is 12.8. The van der Waals surface area contributed by atoms with Crippen LogP contribution < -0.4 is 4.72 Å². The Morgan fingerprint density at radius 2 is 1.68 bits per heavy atom. The number of hydrogen-bond donors (Lipinski definition) is 1. The van der Waals surface area contributed by atoms with Crippen molar-refractivity contribution in [1.82, 2.24) is 4.72 Å². The quantitative estimate of drug-likeness (QED) is 0.541. The van der Waals surface area contributed by atoms with Crippen LogP contribution in [0.4, 0.5) is 0 Å². The number of Topliss-reactive ketones (excluding diaryl/α,β-unsaturated/α-hetero) is 1. The topological polar surface area (TPSA) is 98.8 Å². The van der Waals surface area contributed by atoms with Gasteiger partial charge in [-0.2, -0.15) is 4.72 Å². The zero-order chi connectivity index (χ0) is 16.8. The van der Waals surface area contributed by atoms with E-state index in [1.807, 2.05) is 0 Å². The third-order valence-corrected chi connectivity index (χ3v) is 5.64. The zero-order valence-corrected chi connectivity index (χ0v) is 14.4. The van der Waals surface area contributed by atoms with Crippen LogP contribution in [-0.4, -0.2) is 39.5 Å². The van der Waals surface area contributed by atoms with Crippen LogP contribution in [0.25, 0.3) is 0 Å². The van der Waals surface area contributed by atoms with Gasteiger partial charge in [-0.15, -0.1) is 0 Å². The molecule has 1 N–H and O–H groups in total. The van der Waals surface area contributed by atoms with Crippen molar-refractivity contribution in [1.29, 1.82) is 0 Å². The first-order chi connectivity index (χ1) is 10.2. The van der Waals surface area contributed by atoms with Crippen molar-refractivity contribution < 1.29 is 26.8 Å². The molecule has 0 aliphatic heterocycles. The lowest BCUT2D eigenvalue weighted by molar-refractivity contribution is 0.0962. The summed E-state index contributed by atoms with van der Waals surface area (Å²) in [7, 11) is -7.79. The average molecular weight is 349 g/mol. The fraction of sp³-hybridized carbons (Fsp3) is 0.462. The van der Waals surface area contributed by atoms with Crippen molar-refractivity contribution in [2.24, 2.45) is 0 Å². The van der Waals surface area contributed by atoms with E-state index in [9.17, 15) is 17.8 Å². The molecule has 0 amide bonds. The van der Waals surface area contributed by atoms with Crippen molar-refractivity contribution in [2.45, 2.75) is 19.6 Å². The lowest BCUT2D eigenvalue weighted by Crippen LogP contribution is -2.41. The Morgan fingerprint density at radius 3 is 2.09 bits per heavy atom. The van der Waals surface area contributed by atoms with Crippen molar-refractivity contribution in [2.75, 3.05) is 19.5 Å². The monoisotopic (exact) mass is 349 g/mol. The first kappa shape index (κ1) is 19.0. The van der Waals surface area contributed by atoms with E-state index in [1.54, 1.807) is 32.0 Å². The van der Waals surface area contributed by atoms with Crippen LogP contribution in [0.5, 0.6) is 0 Å². The molecule has 7 nitrogen and oxygen atoms in total. The molecule has 0 fully saturated rings. The lowest BCUT2D eigenvalue weighted by atomic mass is 10.1. The Bertz CT molecular complexity index is 636. The Balaban J connectivity index is 3.28. The molecule has 0 aliphatic rings. The van der Waals surface area contributed by atoms with E-state index in [-0.39, 0.29) is 18.8 Å². The number of nitrogens with one attached hydrogen (secondary N) is 1. The second kappa shape index (κ2) is 7.99. The van der Waals surface area contributed by atoms with Crippen LogP contribution in [0.3, 0.4) is 0 Å². The van der Waals surface area contributed by atoms with Crippen molar-refractivity contribution >= 4 is 23.4 Å². The van der Waals surface area contributed by atoms with E-state index < -0.39 is 29.2 Å². The minimum atomic E-state index is -3.99. The van der Waals surface area contributed by atoms with Crippen LogP contribution in [0.15, 0.2) is 30.3 Å². The molecule has 22 heavy (non-hydrogen) atoms. The summed E-state index contributed by atoms with van der Waals surface area (Å²) in [4.78, 5) is 12.6. The highest BCUT2D eigenvalue weighted by Gasteiger charge is 2.43. The van der Waals surface area contributed by atoms with Gasteiger partial charge in [0.25, 0.3) is 0 Å². The largest absolute Gasteiger partial charge is 0.356 e. The van der Waals surface area contributed by atoms with Crippen molar-refractivity contribution in [3.63, 3.8) is 0 Å². The van der Waals surface area contributed by atoms with Gasteiger partial charge in [0.15, 0.2) is 11.6 Å². The summed E-state index contributed by atoms with van der Waals surface area (Å²) in [6.07, 6.45) is 0.876. The molecule has 0 spiro atoms. The van der Waals surface area contributed by atoms with Gasteiger partial charge >= 0.3 is 7.60 Å². The van der Waals surface area contributed by atoms with Crippen molar-refractivity contribution in [3.05, 3.63) is 35.9 Å². The van der Waals surface area contributed by atoms with Gasteiger partial charge in [-0.05, 0) is 13.8 Å². The van der Waals surface area contributed by atoms with Gasteiger partial charge in [0, 0.05) is 5.56 Å². The number of carbonyl (C=O) groups excluding carboxylic acids is 1. The molecule has 0 aliphatic carbocycles. The van der Waals surface area contributed by atoms with Crippen LogP contribution in [0.2, 0.25) is 0 Å². The summed E-state index contributed by atoms with van der Waals surface area (Å²) >= 11 is 0. The summed E-state index contributed by atoms with van der Waals surface area (Å²) in [6.45, 7) is 3.19. The molecule has 1 aromatic rings. The minimum Gasteiger partial charge on any atom is -0.307 e. The molecular weight excluding hydrogens is 329 g/mol. The van der Waals surface area contributed by atoms with Crippen LogP contribution >= 0.6 is 7.60 Å². The van der Waals surface area contributed by atoms with Gasteiger partial charge in [0.1, 0.15) is 0 Å². The molecule has 0 heterocycles. The third-order valence-electron chi connectivity index (χ3n) is 2.57. The smallest absolute Gasteiger partial charge is 0.307 e. The molecule has 124 valence electrons. The average Bonchev–Trinajstić information content (AvgIpc) is 2.44. The molecule has 1 atom stereocenters.